The van der Waals surface area contributed by atoms with Crippen LogP contribution in [-0.2, 0) is 32.6 Å². The van der Waals surface area contributed by atoms with E-state index in [1.54, 1.807) is 42.5 Å². The van der Waals surface area contributed by atoms with E-state index < -0.39 is 34.3 Å². The minimum atomic E-state index is -4.34. The third-order valence-corrected chi connectivity index (χ3v) is 9.55. The van der Waals surface area contributed by atoms with Crippen LogP contribution in [0.25, 0.3) is 0 Å². The molecule has 0 saturated carbocycles. The van der Waals surface area contributed by atoms with Gasteiger partial charge in [-0.1, -0.05) is 84.2 Å². The van der Waals surface area contributed by atoms with Gasteiger partial charge in [-0.3, -0.25) is 13.9 Å². The number of rotatable bonds is 13. The molecule has 4 aromatic carbocycles. The molecule has 0 saturated heterocycles. The van der Waals surface area contributed by atoms with Crippen molar-refractivity contribution in [1.29, 1.82) is 0 Å². The Balaban J connectivity index is 1.81. The lowest BCUT2D eigenvalue weighted by atomic mass is 10.0. The third kappa shape index (κ3) is 8.84. The number of hydrogen-bond donors (Lipinski definition) is 1. The summed E-state index contributed by atoms with van der Waals surface area (Å²) in [5.41, 5.74) is 2.46. The summed E-state index contributed by atoms with van der Waals surface area (Å²) in [4.78, 5) is 29.3. The average Bonchev–Trinajstić information content (AvgIpc) is 3.02. The topological polar surface area (TPSA) is 86.8 Å². The van der Waals surface area contributed by atoms with E-state index >= 15 is 0 Å². The van der Waals surface area contributed by atoms with Crippen molar-refractivity contribution in [3.8, 4) is 0 Å². The lowest BCUT2D eigenvalue weighted by molar-refractivity contribution is -0.140. The second-order valence-corrected chi connectivity index (χ2v) is 13.3. The summed E-state index contributed by atoms with van der Waals surface area (Å²) in [6.45, 7) is 3.43. The Morgan fingerprint density at radius 2 is 1.58 bits per heavy atom. The Morgan fingerprint density at radius 3 is 2.20 bits per heavy atom. The highest BCUT2D eigenvalue weighted by atomic mass is 35.5. The van der Waals surface area contributed by atoms with Gasteiger partial charge in [-0.25, -0.2) is 12.8 Å². The third-order valence-electron chi connectivity index (χ3n) is 7.18. The van der Waals surface area contributed by atoms with Crippen molar-refractivity contribution in [2.45, 2.75) is 44.2 Å². The highest BCUT2D eigenvalue weighted by molar-refractivity contribution is 7.92. The molecule has 7 nitrogen and oxygen atoms in total. The summed E-state index contributed by atoms with van der Waals surface area (Å²) in [5.74, 6) is -1.62. The minimum Gasteiger partial charge on any atom is -0.354 e. The van der Waals surface area contributed by atoms with Crippen LogP contribution >= 0.6 is 23.2 Å². The van der Waals surface area contributed by atoms with Crippen LogP contribution in [-0.4, -0.2) is 44.3 Å². The van der Waals surface area contributed by atoms with Gasteiger partial charge in [0.1, 0.15) is 18.4 Å². The Hall–Kier alpha value is -3.92. The Bertz CT molecular complexity index is 1720. The summed E-state index contributed by atoms with van der Waals surface area (Å²) in [7, 11) is -4.34. The molecule has 0 unspecified atom stereocenters. The van der Waals surface area contributed by atoms with Crippen LogP contribution in [0.4, 0.5) is 10.1 Å². The fourth-order valence-electron chi connectivity index (χ4n) is 4.73. The summed E-state index contributed by atoms with van der Waals surface area (Å²) in [6.07, 6.45) is 0.848. The molecule has 1 atom stereocenters. The van der Waals surface area contributed by atoms with E-state index in [1.807, 2.05) is 44.2 Å². The molecule has 236 valence electrons. The highest BCUT2D eigenvalue weighted by Gasteiger charge is 2.35. The van der Waals surface area contributed by atoms with Gasteiger partial charge >= 0.3 is 0 Å². The van der Waals surface area contributed by atoms with Gasteiger partial charge in [-0.15, -0.1) is 0 Å². The van der Waals surface area contributed by atoms with Crippen LogP contribution in [0.15, 0.2) is 102 Å². The molecule has 45 heavy (non-hydrogen) atoms. The van der Waals surface area contributed by atoms with Crippen LogP contribution < -0.4 is 9.62 Å². The van der Waals surface area contributed by atoms with E-state index in [1.165, 1.54) is 4.90 Å². The van der Waals surface area contributed by atoms with Gasteiger partial charge in [-0.2, -0.15) is 0 Å². The van der Waals surface area contributed by atoms with Crippen molar-refractivity contribution in [2.24, 2.45) is 0 Å². The molecule has 0 bridgehead atoms. The van der Waals surface area contributed by atoms with Crippen molar-refractivity contribution < 1.29 is 22.4 Å². The summed E-state index contributed by atoms with van der Waals surface area (Å²) in [5, 5.41) is 3.59. The van der Waals surface area contributed by atoms with Gasteiger partial charge in [0.2, 0.25) is 11.8 Å². The molecule has 0 fully saturated rings. The first-order valence-electron chi connectivity index (χ1n) is 14.4. The van der Waals surface area contributed by atoms with Crippen LogP contribution in [0.2, 0.25) is 10.0 Å². The maximum atomic E-state index is 14.4. The number of hydrogen-bond acceptors (Lipinski definition) is 4. The molecule has 1 N–H and O–H groups in total. The number of carbonyl (C=O) groups is 2. The molecule has 0 radical (unpaired) electrons. The van der Waals surface area contributed by atoms with E-state index in [9.17, 15) is 22.4 Å². The van der Waals surface area contributed by atoms with Crippen LogP contribution in [0, 0.1) is 12.7 Å². The van der Waals surface area contributed by atoms with Crippen LogP contribution in [0.5, 0.6) is 0 Å². The maximum Gasteiger partial charge on any atom is 0.264 e. The molecular weight excluding hydrogens is 636 g/mol. The largest absolute Gasteiger partial charge is 0.354 e. The smallest absolute Gasteiger partial charge is 0.264 e. The zero-order valence-electron chi connectivity index (χ0n) is 24.9. The molecule has 0 aliphatic rings. The molecular formula is C34H34Cl2FN3O4S. The Kier molecular flexibility index (Phi) is 11.6. The quantitative estimate of drug-likeness (QED) is 0.170. The van der Waals surface area contributed by atoms with E-state index in [-0.39, 0.29) is 29.5 Å². The number of nitrogens with zero attached hydrogens (tertiary/aromatic N) is 2. The zero-order chi connectivity index (χ0) is 32.6. The Labute approximate surface area is 273 Å². The molecule has 0 spiro atoms. The molecule has 0 aliphatic carbocycles. The van der Waals surface area contributed by atoms with Crippen LogP contribution in [0.3, 0.4) is 0 Å². The minimum absolute atomic E-state index is 0.0930. The first kappa shape index (κ1) is 34.0. The number of aryl methyl sites for hydroxylation is 1. The summed E-state index contributed by atoms with van der Waals surface area (Å²) < 4.78 is 42.7. The Morgan fingerprint density at radius 1 is 0.911 bits per heavy atom. The zero-order valence-corrected chi connectivity index (χ0v) is 27.2. The molecule has 0 aromatic heterocycles. The molecule has 2 amide bonds. The van der Waals surface area contributed by atoms with Crippen molar-refractivity contribution >= 4 is 50.7 Å². The van der Waals surface area contributed by atoms with Gasteiger partial charge in [0.05, 0.1) is 10.6 Å². The van der Waals surface area contributed by atoms with Gasteiger partial charge in [0.25, 0.3) is 10.0 Å². The number of benzene rings is 4. The normalized spacial score (nSPS) is 11.9. The van der Waals surface area contributed by atoms with Crippen molar-refractivity contribution in [2.75, 3.05) is 17.4 Å². The monoisotopic (exact) mass is 669 g/mol. The standard InChI is InChI=1S/C34H34Cl2FN3O4S/c1-3-19-38-34(42)32(20-25-7-5-4-6-8-25)39(22-26-11-12-27(35)21-31(26)36)33(41)23-40(29-15-9-24(2)10-16-29)45(43,44)30-17-13-28(37)14-18-30/h4-18,21,32H,3,19-20,22-23H2,1-2H3,(H,38,42)/t32-/m0/s1. The SMILES string of the molecule is CCCNC(=O)[C@H](Cc1ccccc1)N(Cc1ccc(Cl)cc1Cl)C(=O)CN(c1ccc(C)cc1)S(=O)(=O)c1ccc(F)cc1. The van der Waals surface area contributed by atoms with E-state index in [0.717, 1.165) is 39.7 Å². The lowest BCUT2D eigenvalue weighted by Crippen LogP contribution is -2.53. The number of carbonyl (C=O) groups excluding carboxylic acids is 2. The number of sulfonamides is 1. The fourth-order valence-corrected chi connectivity index (χ4v) is 6.61. The van der Waals surface area contributed by atoms with Gasteiger partial charge in [-0.05, 0) is 73.0 Å². The number of anilines is 1. The average molecular weight is 671 g/mol. The van der Waals surface area contributed by atoms with E-state index in [0.29, 0.717) is 28.6 Å². The molecule has 0 heterocycles. The lowest BCUT2D eigenvalue weighted by Gasteiger charge is -2.34. The number of nitrogens with one attached hydrogen (secondary N) is 1. The fraction of sp³-hybridized carbons (Fsp3) is 0.235. The maximum absolute atomic E-state index is 14.4. The van der Waals surface area contributed by atoms with Gasteiger partial charge in [0.15, 0.2) is 0 Å². The van der Waals surface area contributed by atoms with Crippen LogP contribution in [0.1, 0.15) is 30.0 Å². The first-order chi connectivity index (χ1) is 21.5. The van der Waals surface area contributed by atoms with Gasteiger partial charge < -0.3 is 10.2 Å². The van der Waals surface area contributed by atoms with Crippen molar-refractivity contribution in [1.82, 2.24) is 10.2 Å². The van der Waals surface area contributed by atoms with E-state index in [2.05, 4.69) is 5.32 Å². The molecule has 0 aliphatic heterocycles. The second-order valence-electron chi connectivity index (χ2n) is 10.6. The number of amides is 2. The summed E-state index contributed by atoms with van der Waals surface area (Å²) >= 11 is 12.7. The van der Waals surface area contributed by atoms with Gasteiger partial charge in [0, 0.05) is 29.6 Å². The molecule has 4 aromatic rings. The predicted molar refractivity (Wildman–Crippen MR) is 176 cm³/mol. The van der Waals surface area contributed by atoms with Crippen molar-refractivity contribution in [3.05, 3.63) is 130 Å². The first-order valence-corrected chi connectivity index (χ1v) is 16.6. The van der Waals surface area contributed by atoms with E-state index in [4.69, 9.17) is 23.2 Å². The molecule has 4 rings (SSSR count). The highest BCUT2D eigenvalue weighted by Crippen LogP contribution is 2.27. The van der Waals surface area contributed by atoms with Crippen molar-refractivity contribution in [3.63, 3.8) is 0 Å². The summed E-state index contributed by atoms with van der Waals surface area (Å²) in [6, 6.07) is 24.1. The number of halogens is 3. The second kappa shape index (κ2) is 15.4. The predicted octanol–water partition coefficient (Wildman–Crippen LogP) is 6.80. The molecule has 11 heteroatoms.